The van der Waals surface area contributed by atoms with Crippen molar-refractivity contribution in [2.45, 2.75) is 26.8 Å². The van der Waals surface area contributed by atoms with Gasteiger partial charge < -0.3 is 15.7 Å². The molecule has 0 aromatic heterocycles. The van der Waals surface area contributed by atoms with E-state index in [1.165, 1.54) is 0 Å². The van der Waals surface area contributed by atoms with Crippen molar-refractivity contribution in [3.05, 3.63) is 28.8 Å². The molecule has 0 fully saturated rings. The van der Waals surface area contributed by atoms with Crippen molar-refractivity contribution in [3.63, 3.8) is 0 Å². The summed E-state index contributed by atoms with van der Waals surface area (Å²) in [7, 11) is 0. The van der Waals surface area contributed by atoms with Crippen LogP contribution in [0.25, 0.3) is 0 Å². The number of aliphatic hydroxyl groups is 1. The van der Waals surface area contributed by atoms with Gasteiger partial charge in [0.15, 0.2) is 0 Å². The highest BCUT2D eigenvalue weighted by Crippen LogP contribution is 2.22. The fraction of sp³-hybridized carbons (Fsp3) is 0.462. The van der Waals surface area contributed by atoms with Crippen molar-refractivity contribution in [3.8, 4) is 0 Å². The van der Waals surface area contributed by atoms with Gasteiger partial charge in [0.1, 0.15) is 0 Å². The van der Waals surface area contributed by atoms with Crippen LogP contribution in [-0.2, 0) is 0 Å². The zero-order chi connectivity index (χ0) is 13.7. The second-order valence-electron chi connectivity index (χ2n) is 4.53. The Morgan fingerprint density at radius 1 is 1.44 bits per heavy atom. The molecule has 0 aliphatic heterocycles. The first-order valence-corrected chi connectivity index (χ1v) is 6.26. The predicted octanol–water partition coefficient (Wildman–Crippen LogP) is 2.79. The van der Waals surface area contributed by atoms with Crippen LogP contribution in [0.4, 0.5) is 10.5 Å². The quantitative estimate of drug-likeness (QED) is 0.788. The molecule has 100 valence electrons. The number of amides is 2. The van der Waals surface area contributed by atoms with Crippen LogP contribution in [0.3, 0.4) is 0 Å². The number of hydrogen-bond acceptors (Lipinski definition) is 2. The number of anilines is 1. The number of hydrogen-bond donors (Lipinski definition) is 3. The Kier molecular flexibility index (Phi) is 5.44. The Balaban J connectivity index is 2.62. The zero-order valence-corrected chi connectivity index (χ0v) is 11.6. The highest BCUT2D eigenvalue weighted by molar-refractivity contribution is 6.33. The van der Waals surface area contributed by atoms with Gasteiger partial charge in [-0.3, -0.25) is 0 Å². The minimum atomic E-state index is -0.324. The van der Waals surface area contributed by atoms with Gasteiger partial charge in [-0.25, -0.2) is 4.79 Å². The first-order valence-electron chi connectivity index (χ1n) is 5.88. The topological polar surface area (TPSA) is 61.4 Å². The number of rotatable bonds is 4. The molecule has 3 N–H and O–H groups in total. The summed E-state index contributed by atoms with van der Waals surface area (Å²) in [6.45, 7) is 5.67. The Morgan fingerprint density at radius 2 is 2.11 bits per heavy atom. The van der Waals surface area contributed by atoms with Crippen LogP contribution in [0.1, 0.15) is 19.4 Å². The van der Waals surface area contributed by atoms with Crippen LogP contribution >= 0.6 is 11.6 Å². The number of carbonyl (C=O) groups excluding carboxylic acids is 1. The maximum atomic E-state index is 11.7. The maximum absolute atomic E-state index is 11.7. The van der Waals surface area contributed by atoms with Crippen molar-refractivity contribution in [2.24, 2.45) is 5.92 Å². The average Bonchev–Trinajstić information content (AvgIpc) is 2.32. The van der Waals surface area contributed by atoms with Crippen LogP contribution in [0.15, 0.2) is 18.2 Å². The van der Waals surface area contributed by atoms with Crippen LogP contribution in [-0.4, -0.2) is 23.8 Å². The number of benzene rings is 1. The highest BCUT2D eigenvalue weighted by atomic mass is 35.5. The van der Waals surface area contributed by atoms with Crippen molar-refractivity contribution in [1.29, 1.82) is 0 Å². The summed E-state index contributed by atoms with van der Waals surface area (Å²) in [6.07, 6.45) is 0. The number of aliphatic hydroxyl groups excluding tert-OH is 1. The zero-order valence-electron chi connectivity index (χ0n) is 10.8. The van der Waals surface area contributed by atoms with E-state index in [-0.39, 0.29) is 24.6 Å². The van der Waals surface area contributed by atoms with Crippen molar-refractivity contribution in [2.75, 3.05) is 11.9 Å². The molecule has 2 amide bonds. The molecule has 0 aliphatic carbocycles. The molecule has 4 nitrogen and oxygen atoms in total. The average molecular weight is 271 g/mol. The van der Waals surface area contributed by atoms with E-state index in [0.717, 1.165) is 5.56 Å². The van der Waals surface area contributed by atoms with E-state index in [1.54, 1.807) is 6.07 Å². The Morgan fingerprint density at radius 3 is 2.72 bits per heavy atom. The summed E-state index contributed by atoms with van der Waals surface area (Å²) in [5.41, 5.74) is 1.60. The Bertz CT molecular complexity index is 423. The number of urea groups is 1. The molecule has 0 spiro atoms. The van der Waals surface area contributed by atoms with Crippen LogP contribution < -0.4 is 10.6 Å². The van der Waals surface area contributed by atoms with Gasteiger partial charge in [-0.15, -0.1) is 0 Å². The summed E-state index contributed by atoms with van der Waals surface area (Å²) in [4.78, 5) is 11.7. The fourth-order valence-electron chi connectivity index (χ4n) is 1.40. The van der Waals surface area contributed by atoms with Gasteiger partial charge in [-0.1, -0.05) is 24.6 Å². The summed E-state index contributed by atoms with van der Waals surface area (Å²) < 4.78 is 0. The first-order chi connectivity index (χ1) is 8.43. The first kappa shape index (κ1) is 14.8. The molecule has 0 bridgehead atoms. The third kappa shape index (κ3) is 4.20. The molecule has 1 rings (SSSR count). The molecule has 0 radical (unpaired) electrons. The number of nitrogens with one attached hydrogen (secondary N) is 2. The summed E-state index contributed by atoms with van der Waals surface area (Å²) >= 11 is 5.98. The molecule has 1 aromatic rings. The smallest absolute Gasteiger partial charge is 0.319 e. The summed E-state index contributed by atoms with van der Waals surface area (Å²) in [6, 6.07) is 4.99. The molecular weight excluding hydrogens is 252 g/mol. The van der Waals surface area contributed by atoms with E-state index < -0.39 is 0 Å². The van der Waals surface area contributed by atoms with Gasteiger partial charge >= 0.3 is 6.03 Å². The van der Waals surface area contributed by atoms with Crippen molar-refractivity contribution >= 4 is 23.3 Å². The molecule has 0 heterocycles. The molecule has 1 aromatic carbocycles. The molecular formula is C13H19ClN2O2. The van der Waals surface area contributed by atoms with E-state index in [0.29, 0.717) is 10.7 Å². The molecule has 2 atom stereocenters. The van der Waals surface area contributed by atoms with Crippen molar-refractivity contribution in [1.82, 2.24) is 5.32 Å². The number of carbonyl (C=O) groups is 1. The fourth-order valence-corrected chi connectivity index (χ4v) is 1.57. The van der Waals surface area contributed by atoms with Gasteiger partial charge in [-0.2, -0.15) is 0 Å². The van der Waals surface area contributed by atoms with Crippen LogP contribution in [0, 0.1) is 12.8 Å². The van der Waals surface area contributed by atoms with E-state index in [9.17, 15) is 4.79 Å². The molecule has 0 aliphatic rings. The van der Waals surface area contributed by atoms with Crippen LogP contribution in [0.2, 0.25) is 5.02 Å². The third-order valence-corrected chi connectivity index (χ3v) is 3.20. The van der Waals surface area contributed by atoms with Gasteiger partial charge in [0.2, 0.25) is 0 Å². The molecule has 5 heteroatoms. The van der Waals surface area contributed by atoms with E-state index in [2.05, 4.69) is 10.6 Å². The van der Waals surface area contributed by atoms with Gasteiger partial charge in [0.05, 0.1) is 10.7 Å². The number of halogens is 1. The lowest BCUT2D eigenvalue weighted by molar-refractivity contribution is 0.204. The van der Waals surface area contributed by atoms with Crippen molar-refractivity contribution < 1.29 is 9.90 Å². The van der Waals surface area contributed by atoms with Crippen LogP contribution in [0.5, 0.6) is 0 Å². The standard InChI is InChI=1S/C13H19ClN2O2/c1-8-4-5-11(14)12(6-8)16-13(18)15-10(3)9(2)7-17/h4-6,9-10,17H,7H2,1-3H3,(H2,15,16,18). The maximum Gasteiger partial charge on any atom is 0.319 e. The summed E-state index contributed by atoms with van der Waals surface area (Å²) in [5.74, 6) is 0.00346. The predicted molar refractivity (Wildman–Crippen MR) is 74.1 cm³/mol. The second-order valence-corrected chi connectivity index (χ2v) is 4.94. The second kappa shape index (κ2) is 6.61. The molecule has 0 saturated heterocycles. The normalized spacial score (nSPS) is 13.8. The Labute approximate surface area is 112 Å². The largest absolute Gasteiger partial charge is 0.396 e. The third-order valence-electron chi connectivity index (χ3n) is 2.87. The lowest BCUT2D eigenvalue weighted by Crippen LogP contribution is -2.40. The monoisotopic (exact) mass is 270 g/mol. The Hall–Kier alpha value is -1.26. The SMILES string of the molecule is Cc1ccc(Cl)c(NC(=O)NC(C)C(C)CO)c1. The molecule has 2 unspecified atom stereocenters. The van der Waals surface area contributed by atoms with E-state index in [1.807, 2.05) is 32.9 Å². The van der Waals surface area contributed by atoms with E-state index in [4.69, 9.17) is 16.7 Å². The number of aryl methyl sites for hydroxylation is 1. The molecule has 0 saturated carbocycles. The summed E-state index contributed by atoms with van der Waals surface area (Å²) in [5, 5.41) is 14.9. The van der Waals surface area contributed by atoms with Gasteiger partial charge in [0, 0.05) is 12.6 Å². The lowest BCUT2D eigenvalue weighted by Gasteiger charge is -2.19. The van der Waals surface area contributed by atoms with E-state index >= 15 is 0 Å². The van der Waals surface area contributed by atoms with Gasteiger partial charge in [0.25, 0.3) is 0 Å². The highest BCUT2D eigenvalue weighted by Gasteiger charge is 2.14. The van der Waals surface area contributed by atoms with Gasteiger partial charge in [-0.05, 0) is 37.5 Å². The lowest BCUT2D eigenvalue weighted by atomic mass is 10.1. The minimum absolute atomic E-state index is 0.00346. The minimum Gasteiger partial charge on any atom is -0.396 e. The molecule has 18 heavy (non-hydrogen) atoms.